The zero-order valence-electron chi connectivity index (χ0n) is 12.5. The maximum absolute atomic E-state index is 5.88. The number of aromatic amines is 1. The number of nitrogens with zero attached hydrogens (tertiary/aromatic N) is 2. The van der Waals surface area contributed by atoms with Crippen LogP contribution in [-0.4, -0.2) is 21.8 Å². The molecule has 2 aromatic rings. The van der Waals surface area contributed by atoms with Gasteiger partial charge in [-0.15, -0.1) is 0 Å². The van der Waals surface area contributed by atoms with E-state index in [0.29, 0.717) is 11.7 Å². The minimum absolute atomic E-state index is 0.641. The van der Waals surface area contributed by atoms with Crippen LogP contribution in [-0.2, 0) is 6.42 Å². The van der Waals surface area contributed by atoms with E-state index in [9.17, 15) is 0 Å². The van der Waals surface area contributed by atoms with Crippen molar-refractivity contribution in [1.29, 1.82) is 0 Å². The largest absolute Gasteiger partial charge is 0.493 e. The van der Waals surface area contributed by atoms with E-state index in [4.69, 9.17) is 4.74 Å². The van der Waals surface area contributed by atoms with Gasteiger partial charge < -0.3 is 4.74 Å². The lowest BCUT2D eigenvalue weighted by molar-refractivity contribution is 0.290. The van der Waals surface area contributed by atoms with Gasteiger partial charge in [-0.25, -0.2) is 4.98 Å². The van der Waals surface area contributed by atoms with Crippen LogP contribution in [0.4, 0.5) is 0 Å². The molecule has 0 aliphatic heterocycles. The van der Waals surface area contributed by atoms with Crippen LogP contribution in [0.1, 0.15) is 39.4 Å². The van der Waals surface area contributed by atoms with Gasteiger partial charge in [0.2, 0.25) is 0 Å². The van der Waals surface area contributed by atoms with Crippen LogP contribution in [0.25, 0.3) is 11.4 Å². The molecule has 0 aliphatic carbocycles. The van der Waals surface area contributed by atoms with Crippen molar-refractivity contribution in [3.05, 3.63) is 30.1 Å². The molecule has 1 aromatic carbocycles. The topological polar surface area (TPSA) is 50.8 Å². The highest BCUT2D eigenvalue weighted by molar-refractivity contribution is 5.63. The number of H-pyrrole nitrogens is 1. The Bertz CT molecular complexity index is 534. The van der Waals surface area contributed by atoms with Gasteiger partial charge in [0.1, 0.15) is 11.6 Å². The van der Waals surface area contributed by atoms with E-state index in [1.165, 1.54) is 0 Å². The second-order valence-electron chi connectivity index (χ2n) is 5.38. The Morgan fingerprint density at radius 1 is 1.25 bits per heavy atom. The summed E-state index contributed by atoms with van der Waals surface area (Å²) >= 11 is 0. The molecule has 1 aromatic heterocycles. The molecule has 1 N–H and O–H groups in total. The van der Waals surface area contributed by atoms with Crippen molar-refractivity contribution in [1.82, 2.24) is 15.2 Å². The Labute approximate surface area is 120 Å². The molecule has 4 heteroatoms. The molecule has 1 heterocycles. The third-order valence-corrected chi connectivity index (χ3v) is 3.10. The minimum Gasteiger partial charge on any atom is -0.493 e. The molecule has 4 nitrogen and oxygen atoms in total. The Morgan fingerprint density at radius 2 is 2.05 bits per heavy atom. The number of benzene rings is 1. The zero-order valence-corrected chi connectivity index (χ0v) is 12.5. The summed E-state index contributed by atoms with van der Waals surface area (Å²) in [5.74, 6) is 3.14. The predicted molar refractivity (Wildman–Crippen MR) is 80.8 cm³/mol. The summed E-state index contributed by atoms with van der Waals surface area (Å²) in [7, 11) is 0. The van der Waals surface area contributed by atoms with E-state index in [1.807, 2.05) is 24.3 Å². The van der Waals surface area contributed by atoms with Gasteiger partial charge >= 0.3 is 0 Å². The SMILES string of the molecule is CCCc1nc(-c2ccccc2OCCC(C)C)n[nH]1. The van der Waals surface area contributed by atoms with Gasteiger partial charge in [-0.3, -0.25) is 5.10 Å². The molecule has 0 amide bonds. The van der Waals surface area contributed by atoms with E-state index in [-0.39, 0.29) is 0 Å². The van der Waals surface area contributed by atoms with Gasteiger partial charge in [-0.05, 0) is 30.9 Å². The summed E-state index contributed by atoms with van der Waals surface area (Å²) in [6.45, 7) is 7.25. The molecular weight excluding hydrogens is 250 g/mol. The van der Waals surface area contributed by atoms with Crippen LogP contribution in [0, 0.1) is 5.92 Å². The highest BCUT2D eigenvalue weighted by Crippen LogP contribution is 2.27. The van der Waals surface area contributed by atoms with Crippen LogP contribution in [0.15, 0.2) is 24.3 Å². The lowest BCUT2D eigenvalue weighted by Crippen LogP contribution is -2.02. The fraction of sp³-hybridized carbons (Fsp3) is 0.500. The Hall–Kier alpha value is -1.84. The summed E-state index contributed by atoms with van der Waals surface area (Å²) in [5, 5.41) is 7.28. The summed E-state index contributed by atoms with van der Waals surface area (Å²) < 4.78 is 5.88. The van der Waals surface area contributed by atoms with Crippen LogP contribution < -0.4 is 4.74 Å². The van der Waals surface area contributed by atoms with Gasteiger partial charge in [0, 0.05) is 6.42 Å². The lowest BCUT2D eigenvalue weighted by atomic mass is 10.1. The Morgan fingerprint density at radius 3 is 2.80 bits per heavy atom. The summed E-state index contributed by atoms with van der Waals surface area (Å²) in [4.78, 5) is 4.53. The standard InChI is InChI=1S/C16H23N3O/c1-4-7-15-17-16(19-18-15)13-8-5-6-9-14(13)20-11-10-12(2)3/h5-6,8-9,12H,4,7,10-11H2,1-3H3,(H,17,18,19). The predicted octanol–water partition coefficient (Wildman–Crippen LogP) is 3.85. The first-order valence-corrected chi connectivity index (χ1v) is 7.34. The molecule has 0 atom stereocenters. The van der Waals surface area contributed by atoms with Gasteiger partial charge in [-0.2, -0.15) is 5.10 Å². The van der Waals surface area contributed by atoms with Crippen LogP contribution in [0.3, 0.4) is 0 Å². The summed E-state index contributed by atoms with van der Waals surface area (Å²) in [5.41, 5.74) is 0.954. The van der Waals surface area contributed by atoms with E-state index in [0.717, 1.165) is 43.0 Å². The van der Waals surface area contributed by atoms with Crippen LogP contribution in [0.5, 0.6) is 5.75 Å². The number of hydrogen-bond donors (Lipinski definition) is 1. The van der Waals surface area contributed by atoms with Gasteiger partial charge in [0.15, 0.2) is 5.82 Å². The molecule has 0 bridgehead atoms. The Kier molecular flexibility index (Phi) is 5.16. The first-order chi connectivity index (χ1) is 9.70. The van der Waals surface area contributed by atoms with Crippen molar-refractivity contribution in [3.63, 3.8) is 0 Å². The average molecular weight is 273 g/mol. The van der Waals surface area contributed by atoms with E-state index < -0.39 is 0 Å². The van der Waals surface area contributed by atoms with Crippen molar-refractivity contribution < 1.29 is 4.74 Å². The molecule has 20 heavy (non-hydrogen) atoms. The molecule has 0 fully saturated rings. The molecule has 0 spiro atoms. The minimum atomic E-state index is 0.641. The molecule has 0 saturated carbocycles. The molecule has 108 valence electrons. The number of aromatic nitrogens is 3. The number of para-hydroxylation sites is 1. The molecule has 0 aliphatic rings. The fourth-order valence-electron chi connectivity index (χ4n) is 1.95. The maximum atomic E-state index is 5.88. The van der Waals surface area contributed by atoms with E-state index in [1.54, 1.807) is 0 Å². The lowest BCUT2D eigenvalue weighted by Gasteiger charge is -2.10. The first-order valence-electron chi connectivity index (χ1n) is 7.34. The first kappa shape index (κ1) is 14.6. The van der Waals surface area contributed by atoms with Gasteiger partial charge in [-0.1, -0.05) is 32.9 Å². The van der Waals surface area contributed by atoms with Crippen molar-refractivity contribution in [2.24, 2.45) is 5.92 Å². The van der Waals surface area contributed by atoms with Crippen LogP contribution >= 0.6 is 0 Å². The smallest absolute Gasteiger partial charge is 0.184 e. The zero-order chi connectivity index (χ0) is 14.4. The van der Waals surface area contributed by atoms with Crippen molar-refractivity contribution in [3.8, 4) is 17.1 Å². The van der Waals surface area contributed by atoms with Crippen molar-refractivity contribution in [2.45, 2.75) is 40.0 Å². The second-order valence-corrected chi connectivity index (χ2v) is 5.38. The number of ether oxygens (including phenoxy) is 1. The van der Waals surface area contributed by atoms with Crippen molar-refractivity contribution >= 4 is 0 Å². The normalized spacial score (nSPS) is 11.0. The highest BCUT2D eigenvalue weighted by atomic mass is 16.5. The quantitative estimate of drug-likeness (QED) is 0.833. The number of aryl methyl sites for hydroxylation is 1. The summed E-state index contributed by atoms with van der Waals surface area (Å²) in [6, 6.07) is 7.95. The van der Waals surface area contributed by atoms with Gasteiger partial charge in [0.25, 0.3) is 0 Å². The summed E-state index contributed by atoms with van der Waals surface area (Å²) in [6.07, 6.45) is 3.02. The van der Waals surface area contributed by atoms with E-state index in [2.05, 4.69) is 36.0 Å². The molecule has 0 unspecified atom stereocenters. The van der Waals surface area contributed by atoms with Crippen LogP contribution in [0.2, 0.25) is 0 Å². The van der Waals surface area contributed by atoms with E-state index >= 15 is 0 Å². The average Bonchev–Trinajstić information content (AvgIpc) is 2.88. The molecule has 0 saturated heterocycles. The fourth-order valence-corrected chi connectivity index (χ4v) is 1.95. The van der Waals surface area contributed by atoms with Gasteiger partial charge in [0.05, 0.1) is 12.2 Å². The monoisotopic (exact) mass is 273 g/mol. The Balaban J connectivity index is 2.13. The molecule has 0 radical (unpaired) electrons. The third-order valence-electron chi connectivity index (χ3n) is 3.10. The maximum Gasteiger partial charge on any atom is 0.184 e. The third kappa shape index (κ3) is 3.83. The number of rotatable bonds is 7. The highest BCUT2D eigenvalue weighted by Gasteiger charge is 2.11. The van der Waals surface area contributed by atoms with Crippen molar-refractivity contribution in [2.75, 3.05) is 6.61 Å². The molecular formula is C16H23N3O. The number of hydrogen-bond acceptors (Lipinski definition) is 3. The molecule has 2 rings (SSSR count). The number of nitrogens with one attached hydrogen (secondary N) is 1. The second kappa shape index (κ2) is 7.08.